The van der Waals surface area contributed by atoms with Crippen LogP contribution in [0.1, 0.15) is 40.5 Å². The zero-order valence-corrected chi connectivity index (χ0v) is 11.6. The molecule has 2 atom stereocenters. The topological polar surface area (TPSA) is 20.3 Å². The number of likely N-dealkylation sites (N-methyl/N-ethyl adjacent to an activating group) is 1. The molecule has 0 heterocycles. The van der Waals surface area contributed by atoms with E-state index in [-0.39, 0.29) is 5.91 Å². The summed E-state index contributed by atoms with van der Waals surface area (Å²) in [5.41, 5.74) is 1.51. The fourth-order valence-electron chi connectivity index (χ4n) is 2.43. The third kappa shape index (κ3) is 4.37. The third-order valence-electron chi connectivity index (χ3n) is 3.63. The van der Waals surface area contributed by atoms with Gasteiger partial charge in [0.15, 0.2) is 0 Å². The average Bonchev–Trinajstić information content (AvgIpc) is 2.26. The zero-order valence-electron chi connectivity index (χ0n) is 11.6. The van der Waals surface area contributed by atoms with Crippen molar-refractivity contribution < 1.29 is 4.79 Å². The number of allylic oxidation sites excluding steroid dienone is 3. The lowest BCUT2D eigenvalue weighted by Gasteiger charge is -2.24. The highest BCUT2D eigenvalue weighted by Gasteiger charge is 2.16. The van der Waals surface area contributed by atoms with Gasteiger partial charge in [-0.3, -0.25) is 4.79 Å². The molecule has 2 heteroatoms. The lowest BCUT2D eigenvalue weighted by Crippen LogP contribution is -2.28. The quantitative estimate of drug-likeness (QED) is 0.684. The van der Waals surface area contributed by atoms with E-state index in [1.54, 1.807) is 6.92 Å². The minimum absolute atomic E-state index is 0.157. The molecule has 0 aromatic carbocycles. The fraction of sp³-hybridized carbons (Fsp3) is 0.667. The molecule has 1 amide bonds. The summed E-state index contributed by atoms with van der Waals surface area (Å²) in [5, 5.41) is 0. The summed E-state index contributed by atoms with van der Waals surface area (Å²) in [4.78, 5) is 13.1. The molecule has 96 valence electrons. The first-order valence-electron chi connectivity index (χ1n) is 6.64. The van der Waals surface area contributed by atoms with Crippen LogP contribution < -0.4 is 0 Å². The molecule has 0 saturated heterocycles. The Morgan fingerprint density at radius 3 is 2.82 bits per heavy atom. The first-order chi connectivity index (χ1) is 8.04. The minimum atomic E-state index is 0.157. The smallest absolute Gasteiger partial charge is 0.219 e. The largest absolute Gasteiger partial charge is 0.340 e. The van der Waals surface area contributed by atoms with Crippen molar-refractivity contribution in [2.75, 3.05) is 13.1 Å². The lowest BCUT2D eigenvalue weighted by molar-refractivity contribution is -0.128. The van der Waals surface area contributed by atoms with Gasteiger partial charge < -0.3 is 4.90 Å². The molecule has 0 bridgehead atoms. The van der Waals surface area contributed by atoms with Crippen LogP contribution in [-0.2, 0) is 4.79 Å². The van der Waals surface area contributed by atoms with E-state index in [9.17, 15) is 4.79 Å². The second-order valence-electron chi connectivity index (χ2n) is 5.06. The lowest BCUT2D eigenvalue weighted by atomic mass is 9.82. The molecule has 1 aliphatic carbocycles. The number of nitrogens with zero attached hydrogens (tertiary/aromatic N) is 1. The van der Waals surface area contributed by atoms with Crippen LogP contribution in [-0.4, -0.2) is 23.9 Å². The predicted octanol–water partition coefficient (Wildman–Crippen LogP) is 3.40. The second-order valence-corrected chi connectivity index (χ2v) is 5.06. The van der Waals surface area contributed by atoms with Crippen molar-refractivity contribution in [3.8, 4) is 0 Å². The maximum absolute atomic E-state index is 11.2. The van der Waals surface area contributed by atoms with E-state index in [4.69, 9.17) is 0 Å². The number of rotatable bonds is 4. The van der Waals surface area contributed by atoms with E-state index in [0.29, 0.717) is 11.8 Å². The third-order valence-corrected chi connectivity index (χ3v) is 3.63. The predicted molar refractivity (Wildman–Crippen MR) is 72.7 cm³/mol. The molecule has 2 unspecified atom stereocenters. The Bertz CT molecular complexity index is 317. The van der Waals surface area contributed by atoms with Crippen LogP contribution in [0.15, 0.2) is 23.8 Å². The van der Waals surface area contributed by atoms with E-state index in [2.05, 4.69) is 32.1 Å². The molecule has 0 fully saturated rings. The van der Waals surface area contributed by atoms with Crippen LogP contribution in [0.2, 0.25) is 0 Å². The summed E-state index contributed by atoms with van der Waals surface area (Å²) in [7, 11) is 0. The Morgan fingerprint density at radius 1 is 1.59 bits per heavy atom. The monoisotopic (exact) mass is 235 g/mol. The van der Waals surface area contributed by atoms with Gasteiger partial charge in [0.05, 0.1) is 0 Å². The highest BCUT2D eigenvalue weighted by Crippen LogP contribution is 2.29. The molecular weight excluding hydrogens is 210 g/mol. The van der Waals surface area contributed by atoms with Crippen LogP contribution in [0.3, 0.4) is 0 Å². The van der Waals surface area contributed by atoms with Crippen LogP contribution in [0.5, 0.6) is 0 Å². The summed E-state index contributed by atoms with van der Waals surface area (Å²) in [6, 6.07) is 0. The van der Waals surface area contributed by atoms with Crippen molar-refractivity contribution in [2.24, 2.45) is 11.8 Å². The minimum Gasteiger partial charge on any atom is -0.340 e. The molecule has 0 saturated carbocycles. The Labute approximate surface area is 105 Å². The molecule has 1 rings (SSSR count). The van der Waals surface area contributed by atoms with Crippen LogP contribution in [0.4, 0.5) is 0 Å². The van der Waals surface area contributed by atoms with Gasteiger partial charge in [-0.2, -0.15) is 0 Å². The van der Waals surface area contributed by atoms with E-state index >= 15 is 0 Å². The Kier molecular flexibility index (Phi) is 5.46. The van der Waals surface area contributed by atoms with Gasteiger partial charge in [-0.25, -0.2) is 0 Å². The van der Waals surface area contributed by atoms with Gasteiger partial charge in [0.2, 0.25) is 5.91 Å². The van der Waals surface area contributed by atoms with Crippen molar-refractivity contribution in [1.82, 2.24) is 4.90 Å². The second kappa shape index (κ2) is 6.63. The standard InChI is InChI=1S/C15H25NO/c1-5-16(14(4)17)10-6-7-15-9-8-12(2)11-13(15)3/h6-7,11,13,15H,5,8-10H2,1-4H3/b7-6+. The Balaban J connectivity index is 2.46. The van der Waals surface area contributed by atoms with Crippen molar-refractivity contribution in [1.29, 1.82) is 0 Å². The van der Waals surface area contributed by atoms with Crippen molar-refractivity contribution in [2.45, 2.75) is 40.5 Å². The summed E-state index contributed by atoms with van der Waals surface area (Å²) in [5.74, 6) is 1.43. The van der Waals surface area contributed by atoms with Crippen molar-refractivity contribution in [3.63, 3.8) is 0 Å². The van der Waals surface area contributed by atoms with Gasteiger partial charge >= 0.3 is 0 Å². The van der Waals surface area contributed by atoms with Crippen molar-refractivity contribution in [3.05, 3.63) is 23.8 Å². The van der Waals surface area contributed by atoms with Gasteiger partial charge in [0.1, 0.15) is 0 Å². The van der Waals surface area contributed by atoms with E-state index < -0.39 is 0 Å². The average molecular weight is 235 g/mol. The summed E-state index contributed by atoms with van der Waals surface area (Å²) in [6.07, 6.45) is 9.27. The normalized spacial score (nSPS) is 24.8. The number of carbonyl (C=O) groups excluding carboxylic acids is 1. The first kappa shape index (κ1) is 14.0. The van der Waals surface area contributed by atoms with Gasteiger partial charge in [0, 0.05) is 20.0 Å². The molecule has 0 N–H and O–H groups in total. The zero-order chi connectivity index (χ0) is 12.8. The van der Waals surface area contributed by atoms with Gasteiger partial charge in [-0.1, -0.05) is 30.7 Å². The number of carbonyl (C=O) groups is 1. The Hall–Kier alpha value is -1.05. The molecule has 1 aliphatic rings. The molecular formula is C15H25NO. The van der Waals surface area contributed by atoms with Gasteiger partial charge in [-0.05, 0) is 38.5 Å². The molecule has 17 heavy (non-hydrogen) atoms. The van der Waals surface area contributed by atoms with Crippen LogP contribution >= 0.6 is 0 Å². The number of amides is 1. The molecule has 0 aromatic rings. The Morgan fingerprint density at radius 2 is 2.29 bits per heavy atom. The summed E-state index contributed by atoms with van der Waals surface area (Å²) < 4.78 is 0. The summed E-state index contributed by atoms with van der Waals surface area (Å²) in [6.45, 7) is 9.68. The SMILES string of the molecule is CCN(C/C=C/C1CCC(C)=CC1C)C(C)=O. The molecule has 0 spiro atoms. The highest BCUT2D eigenvalue weighted by atomic mass is 16.2. The maximum Gasteiger partial charge on any atom is 0.219 e. The van der Waals surface area contributed by atoms with E-state index in [1.165, 1.54) is 18.4 Å². The fourth-order valence-corrected chi connectivity index (χ4v) is 2.43. The molecule has 2 nitrogen and oxygen atoms in total. The van der Waals surface area contributed by atoms with Crippen LogP contribution in [0, 0.1) is 11.8 Å². The highest BCUT2D eigenvalue weighted by molar-refractivity contribution is 5.73. The summed E-state index contributed by atoms with van der Waals surface area (Å²) >= 11 is 0. The molecule has 0 aromatic heterocycles. The van der Waals surface area contributed by atoms with Crippen LogP contribution in [0.25, 0.3) is 0 Å². The van der Waals surface area contributed by atoms with Crippen molar-refractivity contribution >= 4 is 5.91 Å². The molecule has 0 radical (unpaired) electrons. The number of hydrogen-bond acceptors (Lipinski definition) is 1. The van der Waals surface area contributed by atoms with Gasteiger partial charge in [-0.15, -0.1) is 0 Å². The first-order valence-corrected chi connectivity index (χ1v) is 6.64. The number of hydrogen-bond donors (Lipinski definition) is 0. The maximum atomic E-state index is 11.2. The van der Waals surface area contributed by atoms with Gasteiger partial charge in [0.25, 0.3) is 0 Å². The molecule has 0 aliphatic heterocycles. The van der Waals surface area contributed by atoms with E-state index in [0.717, 1.165) is 13.1 Å². The van der Waals surface area contributed by atoms with E-state index in [1.807, 2.05) is 11.8 Å².